The first kappa shape index (κ1) is 23.1. The van der Waals surface area contributed by atoms with E-state index in [2.05, 4.69) is 32.1 Å². The predicted octanol–water partition coefficient (Wildman–Crippen LogP) is 4.60. The molecule has 0 unspecified atom stereocenters. The van der Waals surface area contributed by atoms with Crippen molar-refractivity contribution in [2.45, 2.75) is 18.8 Å². The molecule has 186 valence electrons. The van der Waals surface area contributed by atoms with Crippen molar-refractivity contribution in [3.63, 3.8) is 0 Å². The first-order valence-electron chi connectivity index (χ1n) is 12.7. The molecule has 1 saturated heterocycles. The molecule has 1 saturated carbocycles. The second-order valence-corrected chi connectivity index (χ2v) is 9.55. The second-order valence-electron chi connectivity index (χ2n) is 9.55. The Hall–Kier alpha value is -4.30. The fraction of sp³-hybridized carbons (Fsp3) is 0.241. The van der Waals surface area contributed by atoms with Crippen molar-refractivity contribution < 1.29 is 0 Å². The smallest absolute Gasteiger partial charge is 0.162 e. The molecule has 4 aromatic rings. The summed E-state index contributed by atoms with van der Waals surface area (Å²) in [5.41, 5.74) is 11.5. The van der Waals surface area contributed by atoms with Crippen LogP contribution in [-0.4, -0.2) is 46.1 Å². The van der Waals surface area contributed by atoms with Crippen LogP contribution in [0.2, 0.25) is 0 Å². The molecule has 1 aliphatic heterocycles. The number of nitrogens with two attached hydrogens (primary N) is 1. The van der Waals surface area contributed by atoms with Crippen LogP contribution in [0.5, 0.6) is 0 Å². The molecule has 2 fully saturated rings. The van der Waals surface area contributed by atoms with Crippen LogP contribution in [0, 0.1) is 0 Å². The number of nitrogens with one attached hydrogen (secondary N) is 2. The van der Waals surface area contributed by atoms with E-state index in [-0.39, 0.29) is 0 Å². The molecule has 3 aromatic heterocycles. The molecule has 1 aliphatic carbocycles. The van der Waals surface area contributed by atoms with Crippen molar-refractivity contribution in [2.75, 3.05) is 42.1 Å². The van der Waals surface area contributed by atoms with E-state index in [0.717, 1.165) is 59.7 Å². The number of anilines is 3. The highest BCUT2D eigenvalue weighted by Crippen LogP contribution is 2.44. The predicted molar refractivity (Wildman–Crippen MR) is 150 cm³/mol. The lowest BCUT2D eigenvalue weighted by Gasteiger charge is -2.30. The first-order valence-corrected chi connectivity index (χ1v) is 12.7. The number of hydrogen-bond donors (Lipinski definition) is 3. The Kier molecular flexibility index (Phi) is 6.24. The van der Waals surface area contributed by atoms with Crippen molar-refractivity contribution in [1.29, 1.82) is 0 Å². The summed E-state index contributed by atoms with van der Waals surface area (Å²) in [4.78, 5) is 21.5. The Labute approximate surface area is 216 Å². The van der Waals surface area contributed by atoms with Gasteiger partial charge in [0.15, 0.2) is 5.82 Å². The number of hydrogen-bond acceptors (Lipinski definition) is 8. The van der Waals surface area contributed by atoms with Gasteiger partial charge >= 0.3 is 0 Å². The molecule has 0 atom stereocenters. The van der Waals surface area contributed by atoms with Crippen molar-refractivity contribution >= 4 is 34.3 Å². The minimum atomic E-state index is 0.564. The van der Waals surface area contributed by atoms with E-state index in [9.17, 15) is 0 Å². The van der Waals surface area contributed by atoms with Crippen LogP contribution in [-0.2, 0) is 0 Å². The zero-order chi connectivity index (χ0) is 25.2. The van der Waals surface area contributed by atoms with Gasteiger partial charge in [0.25, 0.3) is 0 Å². The summed E-state index contributed by atoms with van der Waals surface area (Å²) < 4.78 is 0. The van der Waals surface area contributed by atoms with Crippen molar-refractivity contribution in [3.8, 4) is 11.4 Å². The van der Waals surface area contributed by atoms with Crippen molar-refractivity contribution in [3.05, 3.63) is 84.5 Å². The van der Waals surface area contributed by atoms with Crippen LogP contribution in [0.15, 0.2) is 73.3 Å². The fourth-order valence-corrected chi connectivity index (χ4v) is 4.72. The van der Waals surface area contributed by atoms with Gasteiger partial charge in [-0.2, -0.15) is 0 Å². The average Bonchev–Trinajstić information content (AvgIpc) is 3.78. The van der Waals surface area contributed by atoms with Gasteiger partial charge < -0.3 is 21.3 Å². The molecule has 0 amide bonds. The number of allylic oxidation sites excluding steroid dienone is 1. The lowest BCUT2D eigenvalue weighted by atomic mass is 10.1. The normalized spacial score (nSPS) is 15.8. The topological polar surface area (TPSA) is 105 Å². The average molecular weight is 491 g/mol. The molecular formula is C29H30N8. The standard InChI is InChI=1S/C29H30N8/c1-19(6-7-21-4-2-3-5-24(21)30)34-26-16-22(10-11-33-26)28-35-25-18-32-17-23(20-8-9-20)27(25)29(36-28)37-14-12-31-13-15-37/h2-7,10-11,16-18,20,31H,1,8-9,12-15,30H2,(H,33,34)/b7-6-. The highest BCUT2D eigenvalue weighted by atomic mass is 15.2. The molecule has 4 heterocycles. The van der Waals surface area contributed by atoms with Crippen molar-refractivity contribution in [1.82, 2.24) is 25.3 Å². The van der Waals surface area contributed by atoms with Gasteiger partial charge in [0.2, 0.25) is 0 Å². The number of nitrogen functional groups attached to an aromatic ring is 1. The number of nitrogens with zero attached hydrogens (tertiary/aromatic N) is 5. The SMILES string of the molecule is C=C(/C=C\c1ccccc1N)Nc1cc(-c2nc(N3CCNCC3)c3c(C4CC4)cncc3n2)ccn1. The third kappa shape index (κ3) is 5.01. The summed E-state index contributed by atoms with van der Waals surface area (Å²) in [5.74, 6) is 2.91. The van der Waals surface area contributed by atoms with Crippen LogP contribution in [0.25, 0.3) is 28.4 Å². The third-order valence-electron chi connectivity index (χ3n) is 6.82. The minimum absolute atomic E-state index is 0.564. The molecular weight excluding hydrogens is 460 g/mol. The number of rotatable bonds is 7. The summed E-state index contributed by atoms with van der Waals surface area (Å²) >= 11 is 0. The van der Waals surface area contributed by atoms with Crippen LogP contribution < -0.4 is 21.3 Å². The Balaban J connectivity index is 1.32. The second kappa shape index (κ2) is 9.99. The molecule has 0 bridgehead atoms. The quantitative estimate of drug-likeness (QED) is 0.255. The number of fused-ring (bicyclic) bond motifs is 1. The summed E-state index contributed by atoms with van der Waals surface area (Å²) in [6, 6.07) is 11.6. The van der Waals surface area contributed by atoms with E-state index in [4.69, 9.17) is 15.7 Å². The van der Waals surface area contributed by atoms with Crippen LogP contribution in [0.1, 0.15) is 29.9 Å². The van der Waals surface area contributed by atoms with E-state index in [1.807, 2.05) is 60.9 Å². The van der Waals surface area contributed by atoms with Gasteiger partial charge in [0.1, 0.15) is 11.6 Å². The Morgan fingerprint density at radius 1 is 1.11 bits per heavy atom. The van der Waals surface area contributed by atoms with Crippen LogP contribution in [0.4, 0.5) is 17.3 Å². The lowest BCUT2D eigenvalue weighted by Crippen LogP contribution is -2.44. The molecule has 37 heavy (non-hydrogen) atoms. The number of aromatic nitrogens is 4. The van der Waals surface area contributed by atoms with E-state index in [1.54, 1.807) is 6.20 Å². The molecule has 8 heteroatoms. The summed E-state index contributed by atoms with van der Waals surface area (Å²) in [6.45, 7) is 7.83. The zero-order valence-corrected chi connectivity index (χ0v) is 20.7. The van der Waals surface area contributed by atoms with Gasteiger partial charge in [-0.1, -0.05) is 30.9 Å². The molecule has 6 rings (SSSR count). The van der Waals surface area contributed by atoms with Gasteiger partial charge in [-0.3, -0.25) is 4.98 Å². The highest BCUT2D eigenvalue weighted by Gasteiger charge is 2.29. The minimum Gasteiger partial charge on any atom is -0.398 e. The van der Waals surface area contributed by atoms with Crippen LogP contribution in [0.3, 0.4) is 0 Å². The number of para-hydroxylation sites is 1. The fourth-order valence-electron chi connectivity index (χ4n) is 4.72. The summed E-state index contributed by atoms with van der Waals surface area (Å²) in [5, 5.41) is 7.86. The summed E-state index contributed by atoms with van der Waals surface area (Å²) in [6.07, 6.45) is 11.9. The zero-order valence-electron chi connectivity index (χ0n) is 20.7. The van der Waals surface area contributed by atoms with Crippen LogP contribution >= 0.6 is 0 Å². The lowest BCUT2D eigenvalue weighted by molar-refractivity contribution is 0.586. The molecule has 0 radical (unpaired) electrons. The number of piperazine rings is 1. The van der Waals surface area contributed by atoms with E-state index >= 15 is 0 Å². The van der Waals surface area contributed by atoms with E-state index in [1.165, 1.54) is 18.4 Å². The largest absolute Gasteiger partial charge is 0.398 e. The number of benzene rings is 1. The molecule has 2 aliphatic rings. The first-order chi connectivity index (χ1) is 18.2. The molecule has 8 nitrogen and oxygen atoms in total. The maximum absolute atomic E-state index is 6.04. The van der Waals surface area contributed by atoms with Gasteiger partial charge in [-0.25, -0.2) is 15.0 Å². The third-order valence-corrected chi connectivity index (χ3v) is 6.82. The maximum Gasteiger partial charge on any atom is 0.162 e. The van der Waals surface area contributed by atoms with Gasteiger partial charge in [0, 0.05) is 60.9 Å². The van der Waals surface area contributed by atoms with Gasteiger partial charge in [0.05, 0.1) is 11.7 Å². The summed E-state index contributed by atoms with van der Waals surface area (Å²) in [7, 11) is 0. The van der Waals surface area contributed by atoms with Crippen molar-refractivity contribution in [2.24, 2.45) is 0 Å². The van der Waals surface area contributed by atoms with Gasteiger partial charge in [-0.15, -0.1) is 0 Å². The Morgan fingerprint density at radius 3 is 2.76 bits per heavy atom. The Bertz CT molecular complexity index is 1480. The number of pyridine rings is 2. The van der Waals surface area contributed by atoms with E-state index < -0.39 is 0 Å². The van der Waals surface area contributed by atoms with E-state index in [0.29, 0.717) is 23.3 Å². The maximum atomic E-state index is 6.04. The van der Waals surface area contributed by atoms with Gasteiger partial charge in [-0.05, 0) is 54.2 Å². The Morgan fingerprint density at radius 2 is 1.95 bits per heavy atom. The molecule has 1 aromatic carbocycles. The monoisotopic (exact) mass is 490 g/mol. The highest BCUT2D eigenvalue weighted by molar-refractivity contribution is 5.94. The molecule has 0 spiro atoms. The molecule has 4 N–H and O–H groups in total.